The average Bonchev–Trinajstić information content (AvgIpc) is 2.83. The van der Waals surface area contributed by atoms with Crippen LogP contribution in [0.3, 0.4) is 0 Å². The van der Waals surface area contributed by atoms with Crippen molar-refractivity contribution in [2.24, 2.45) is 0 Å². The SMILES string of the molecule is CC1(C)O[C@H]2O[C@@H]3COc4ccccc4CO[C@@H]3[C@H]2O1. The molecule has 3 aliphatic rings. The van der Waals surface area contributed by atoms with E-state index in [2.05, 4.69) is 0 Å². The zero-order chi connectivity index (χ0) is 13.7. The molecule has 0 radical (unpaired) electrons. The second kappa shape index (κ2) is 4.43. The van der Waals surface area contributed by atoms with Crippen molar-refractivity contribution in [3.63, 3.8) is 0 Å². The van der Waals surface area contributed by atoms with Crippen LogP contribution in [0.25, 0.3) is 0 Å². The lowest BCUT2D eigenvalue weighted by atomic mass is 10.1. The van der Waals surface area contributed by atoms with Gasteiger partial charge in [-0.05, 0) is 19.9 Å². The fourth-order valence-corrected chi connectivity index (χ4v) is 3.00. The van der Waals surface area contributed by atoms with E-state index < -0.39 is 5.79 Å². The molecule has 0 amide bonds. The van der Waals surface area contributed by atoms with Gasteiger partial charge in [0, 0.05) is 5.56 Å². The molecule has 108 valence electrons. The van der Waals surface area contributed by atoms with Gasteiger partial charge in [-0.2, -0.15) is 0 Å². The quantitative estimate of drug-likeness (QED) is 0.724. The standard InChI is InChI=1S/C15H18O5/c1-15(2)19-13-12-11(18-14(13)20-15)8-16-10-6-4-3-5-9(10)7-17-12/h3-6,11-14H,7-8H2,1-2H3/t11-,12+,13-,14-/m1/s1. The maximum atomic E-state index is 6.03. The third kappa shape index (κ3) is 2.02. The lowest BCUT2D eigenvalue weighted by molar-refractivity contribution is -0.222. The van der Waals surface area contributed by atoms with E-state index in [0.717, 1.165) is 11.3 Å². The third-order valence-electron chi connectivity index (χ3n) is 3.89. The van der Waals surface area contributed by atoms with Gasteiger partial charge in [-0.1, -0.05) is 18.2 Å². The van der Waals surface area contributed by atoms with Crippen LogP contribution in [0.2, 0.25) is 0 Å². The lowest BCUT2D eigenvalue weighted by Crippen LogP contribution is -2.40. The molecule has 0 spiro atoms. The van der Waals surface area contributed by atoms with Gasteiger partial charge in [-0.3, -0.25) is 0 Å². The van der Waals surface area contributed by atoms with Gasteiger partial charge in [-0.15, -0.1) is 0 Å². The Kier molecular flexibility index (Phi) is 2.79. The first kappa shape index (κ1) is 12.6. The summed E-state index contributed by atoms with van der Waals surface area (Å²) in [4.78, 5) is 0. The minimum atomic E-state index is -0.620. The summed E-state index contributed by atoms with van der Waals surface area (Å²) in [5.41, 5.74) is 1.05. The van der Waals surface area contributed by atoms with Gasteiger partial charge in [-0.25, -0.2) is 0 Å². The number of para-hydroxylation sites is 1. The first-order valence-electron chi connectivity index (χ1n) is 6.96. The fraction of sp³-hybridized carbons (Fsp3) is 0.600. The molecule has 0 bridgehead atoms. The monoisotopic (exact) mass is 278 g/mol. The Morgan fingerprint density at radius 2 is 1.95 bits per heavy atom. The van der Waals surface area contributed by atoms with Crippen molar-refractivity contribution in [3.05, 3.63) is 29.8 Å². The van der Waals surface area contributed by atoms with Crippen LogP contribution in [0, 0.1) is 0 Å². The zero-order valence-corrected chi connectivity index (χ0v) is 11.6. The fourth-order valence-electron chi connectivity index (χ4n) is 3.00. The second-order valence-corrected chi connectivity index (χ2v) is 5.84. The number of rotatable bonds is 0. The van der Waals surface area contributed by atoms with Gasteiger partial charge in [0.25, 0.3) is 0 Å². The molecule has 3 aliphatic heterocycles. The van der Waals surface area contributed by atoms with Gasteiger partial charge in [0.05, 0.1) is 6.61 Å². The Hall–Kier alpha value is -1.14. The molecule has 1 aromatic rings. The molecule has 3 heterocycles. The molecule has 1 aromatic carbocycles. The van der Waals surface area contributed by atoms with Crippen molar-refractivity contribution in [2.45, 2.75) is 50.8 Å². The highest BCUT2D eigenvalue weighted by Crippen LogP contribution is 2.40. The topological polar surface area (TPSA) is 46.2 Å². The third-order valence-corrected chi connectivity index (χ3v) is 3.89. The van der Waals surface area contributed by atoms with Gasteiger partial charge < -0.3 is 23.7 Å². The number of hydrogen-bond donors (Lipinski definition) is 0. The Morgan fingerprint density at radius 3 is 2.85 bits per heavy atom. The van der Waals surface area contributed by atoms with E-state index in [1.165, 1.54) is 0 Å². The normalized spacial score (nSPS) is 38.1. The van der Waals surface area contributed by atoms with Crippen LogP contribution in [0.4, 0.5) is 0 Å². The second-order valence-electron chi connectivity index (χ2n) is 5.84. The van der Waals surface area contributed by atoms with E-state index in [1.807, 2.05) is 38.1 Å². The van der Waals surface area contributed by atoms with Crippen LogP contribution >= 0.6 is 0 Å². The maximum Gasteiger partial charge on any atom is 0.190 e. The van der Waals surface area contributed by atoms with Gasteiger partial charge in [0.15, 0.2) is 12.1 Å². The molecular formula is C15H18O5. The summed E-state index contributed by atoms with van der Waals surface area (Å²) < 4.78 is 29.4. The molecule has 0 N–H and O–H groups in total. The minimum absolute atomic E-state index is 0.157. The lowest BCUT2D eigenvalue weighted by Gasteiger charge is -2.28. The molecule has 0 aliphatic carbocycles. The Morgan fingerprint density at radius 1 is 1.10 bits per heavy atom. The Bertz CT molecular complexity index is 515. The van der Waals surface area contributed by atoms with Crippen LogP contribution in [0.1, 0.15) is 19.4 Å². The molecule has 4 atom stereocenters. The molecule has 2 saturated heterocycles. The Labute approximate surface area is 117 Å². The van der Waals surface area contributed by atoms with Crippen molar-refractivity contribution >= 4 is 0 Å². The van der Waals surface area contributed by atoms with Crippen molar-refractivity contribution in [1.29, 1.82) is 0 Å². The van der Waals surface area contributed by atoms with Crippen molar-refractivity contribution in [2.75, 3.05) is 6.61 Å². The molecule has 20 heavy (non-hydrogen) atoms. The highest BCUT2D eigenvalue weighted by Gasteiger charge is 2.55. The van der Waals surface area contributed by atoms with Gasteiger partial charge >= 0.3 is 0 Å². The number of fused-ring (bicyclic) bond motifs is 4. The smallest absolute Gasteiger partial charge is 0.190 e. The molecule has 5 nitrogen and oxygen atoms in total. The van der Waals surface area contributed by atoms with E-state index >= 15 is 0 Å². The van der Waals surface area contributed by atoms with E-state index in [9.17, 15) is 0 Å². The van der Waals surface area contributed by atoms with E-state index in [4.69, 9.17) is 23.7 Å². The summed E-state index contributed by atoms with van der Waals surface area (Å²) >= 11 is 0. The molecule has 2 fully saturated rings. The van der Waals surface area contributed by atoms with Crippen LogP contribution in [0.5, 0.6) is 5.75 Å². The molecule has 4 rings (SSSR count). The number of ether oxygens (including phenoxy) is 5. The van der Waals surface area contributed by atoms with Crippen LogP contribution in [-0.2, 0) is 25.6 Å². The summed E-state index contributed by atoms with van der Waals surface area (Å²) in [5, 5.41) is 0. The molecule has 0 unspecified atom stereocenters. The predicted octanol–water partition coefficient (Wildman–Crippen LogP) is 1.84. The molecule has 0 aromatic heterocycles. The van der Waals surface area contributed by atoms with Crippen molar-refractivity contribution < 1.29 is 23.7 Å². The summed E-state index contributed by atoms with van der Waals surface area (Å²) in [7, 11) is 0. The molecular weight excluding hydrogens is 260 g/mol. The maximum absolute atomic E-state index is 6.03. The number of hydrogen-bond acceptors (Lipinski definition) is 5. The van der Waals surface area contributed by atoms with Crippen LogP contribution in [0.15, 0.2) is 24.3 Å². The van der Waals surface area contributed by atoms with Crippen LogP contribution in [-0.4, -0.2) is 37.0 Å². The highest BCUT2D eigenvalue weighted by atomic mass is 16.8. The van der Waals surface area contributed by atoms with Crippen molar-refractivity contribution in [1.82, 2.24) is 0 Å². The van der Waals surface area contributed by atoms with E-state index in [0.29, 0.717) is 13.2 Å². The van der Waals surface area contributed by atoms with E-state index in [1.54, 1.807) is 0 Å². The highest BCUT2D eigenvalue weighted by molar-refractivity contribution is 5.33. The van der Waals surface area contributed by atoms with Crippen LogP contribution < -0.4 is 4.74 Å². The van der Waals surface area contributed by atoms with Crippen molar-refractivity contribution in [3.8, 4) is 5.75 Å². The van der Waals surface area contributed by atoms with Gasteiger partial charge in [0.2, 0.25) is 0 Å². The van der Waals surface area contributed by atoms with E-state index in [-0.39, 0.29) is 24.6 Å². The summed E-state index contributed by atoms with van der Waals surface area (Å²) in [6.07, 6.45) is -0.877. The Balaban J connectivity index is 1.57. The minimum Gasteiger partial charge on any atom is -0.490 e. The summed E-state index contributed by atoms with van der Waals surface area (Å²) in [5.74, 6) is 0.235. The average molecular weight is 278 g/mol. The number of benzene rings is 1. The molecule has 0 saturated carbocycles. The first-order valence-corrected chi connectivity index (χ1v) is 6.96. The zero-order valence-electron chi connectivity index (χ0n) is 11.6. The largest absolute Gasteiger partial charge is 0.490 e. The summed E-state index contributed by atoms with van der Waals surface area (Å²) in [6.45, 7) is 4.71. The first-order chi connectivity index (χ1) is 9.62. The predicted molar refractivity (Wildman–Crippen MR) is 69.2 cm³/mol. The van der Waals surface area contributed by atoms with Gasteiger partial charge in [0.1, 0.15) is 30.7 Å². The molecule has 5 heteroatoms. The summed E-state index contributed by atoms with van der Waals surface area (Å²) in [6, 6.07) is 7.90.